The van der Waals surface area contributed by atoms with Crippen molar-refractivity contribution in [3.63, 3.8) is 0 Å². The van der Waals surface area contributed by atoms with E-state index in [9.17, 15) is 13.2 Å². The van der Waals surface area contributed by atoms with Gasteiger partial charge in [-0.25, -0.2) is 17.4 Å². The number of hydrogen-bond acceptors (Lipinski definition) is 7. The van der Waals surface area contributed by atoms with E-state index in [1.165, 1.54) is 10.2 Å². The monoisotopic (exact) mass is 495 g/mol. The van der Waals surface area contributed by atoms with Crippen LogP contribution in [0.5, 0.6) is 0 Å². The number of fused-ring (bicyclic) bond motifs is 3. The molecule has 0 N–H and O–H groups in total. The molecule has 0 saturated heterocycles. The van der Waals surface area contributed by atoms with Gasteiger partial charge in [0.15, 0.2) is 11.3 Å². The van der Waals surface area contributed by atoms with Crippen LogP contribution in [0.2, 0.25) is 0 Å². The fourth-order valence-corrected chi connectivity index (χ4v) is 6.14. The first kappa shape index (κ1) is 23.5. The highest BCUT2D eigenvalue weighted by molar-refractivity contribution is 7.90. The zero-order chi connectivity index (χ0) is 25.0. The van der Waals surface area contributed by atoms with Crippen molar-refractivity contribution in [1.29, 1.82) is 0 Å². The number of rotatable bonds is 5. The van der Waals surface area contributed by atoms with E-state index in [2.05, 4.69) is 15.2 Å². The molecule has 35 heavy (non-hydrogen) atoms. The van der Waals surface area contributed by atoms with E-state index in [0.29, 0.717) is 23.2 Å². The van der Waals surface area contributed by atoms with Crippen LogP contribution in [-0.4, -0.2) is 43.5 Å². The molecule has 1 aromatic carbocycles. The molecule has 184 valence electrons. The van der Waals surface area contributed by atoms with Crippen molar-refractivity contribution in [1.82, 2.24) is 23.6 Å². The van der Waals surface area contributed by atoms with E-state index < -0.39 is 15.6 Å². The first-order valence-electron chi connectivity index (χ1n) is 11.8. The Kier molecular flexibility index (Phi) is 5.66. The lowest BCUT2D eigenvalue weighted by Crippen LogP contribution is -2.24. The molecule has 0 radical (unpaired) electrons. The van der Waals surface area contributed by atoms with Crippen LogP contribution in [0.3, 0.4) is 0 Å². The van der Waals surface area contributed by atoms with Crippen molar-refractivity contribution in [3.8, 4) is 0 Å². The first-order chi connectivity index (χ1) is 16.5. The predicted octanol–water partition coefficient (Wildman–Crippen LogP) is 4.24. The van der Waals surface area contributed by atoms with Gasteiger partial charge in [-0.2, -0.15) is 0 Å². The second-order valence-corrected chi connectivity index (χ2v) is 12.1. The van der Waals surface area contributed by atoms with E-state index in [1.54, 1.807) is 36.5 Å². The molecule has 1 saturated carbocycles. The Balaban J connectivity index is 1.46. The van der Waals surface area contributed by atoms with Crippen LogP contribution in [0.4, 0.5) is 0 Å². The van der Waals surface area contributed by atoms with Gasteiger partial charge in [0.05, 0.1) is 16.6 Å². The third-order valence-electron chi connectivity index (χ3n) is 6.42. The molecule has 10 heteroatoms. The Labute approximate surface area is 204 Å². The minimum Gasteiger partial charge on any atom is -0.460 e. The first-order valence-corrected chi connectivity index (χ1v) is 13.2. The topological polar surface area (TPSA) is 108 Å². The Bertz CT molecular complexity index is 1510. The summed E-state index contributed by atoms with van der Waals surface area (Å²) in [5.41, 5.74) is 2.00. The third-order valence-corrected chi connectivity index (χ3v) is 8.10. The van der Waals surface area contributed by atoms with E-state index in [1.807, 2.05) is 32.1 Å². The molecule has 1 aliphatic rings. The number of hydrogen-bond donors (Lipinski definition) is 0. The van der Waals surface area contributed by atoms with Crippen molar-refractivity contribution >= 4 is 32.8 Å². The average molecular weight is 496 g/mol. The van der Waals surface area contributed by atoms with Gasteiger partial charge in [-0.3, -0.25) is 9.20 Å². The molecule has 1 aliphatic carbocycles. The van der Waals surface area contributed by atoms with Crippen LogP contribution in [0, 0.1) is 12.8 Å². The molecule has 0 bridgehead atoms. The summed E-state index contributed by atoms with van der Waals surface area (Å²) in [6, 6.07) is 8.48. The van der Waals surface area contributed by atoms with Gasteiger partial charge in [-0.1, -0.05) is 17.7 Å². The van der Waals surface area contributed by atoms with Gasteiger partial charge in [0, 0.05) is 18.5 Å². The summed E-state index contributed by atoms with van der Waals surface area (Å²) in [5, 5.41) is 8.73. The second-order valence-electron chi connectivity index (χ2n) is 10.3. The van der Waals surface area contributed by atoms with Gasteiger partial charge in [-0.05, 0) is 71.1 Å². The number of esters is 1. The number of aromatic nitrogens is 5. The Morgan fingerprint density at radius 2 is 1.86 bits per heavy atom. The summed E-state index contributed by atoms with van der Waals surface area (Å²) in [6.07, 6.45) is 6.03. The maximum Gasteiger partial charge on any atom is 0.306 e. The molecule has 5 rings (SSSR count). The van der Waals surface area contributed by atoms with Gasteiger partial charge in [-0.15, -0.1) is 10.2 Å². The summed E-state index contributed by atoms with van der Waals surface area (Å²) >= 11 is 0. The largest absolute Gasteiger partial charge is 0.460 e. The Morgan fingerprint density at radius 1 is 1.11 bits per heavy atom. The molecule has 2 atom stereocenters. The molecule has 0 amide bonds. The fraction of sp³-hybridized carbons (Fsp3) is 0.440. The van der Waals surface area contributed by atoms with Crippen LogP contribution in [0.1, 0.15) is 63.8 Å². The lowest BCUT2D eigenvalue weighted by atomic mass is 10.0. The summed E-state index contributed by atoms with van der Waals surface area (Å²) < 4.78 is 35.2. The van der Waals surface area contributed by atoms with Crippen molar-refractivity contribution in [2.24, 2.45) is 5.92 Å². The maximum absolute atomic E-state index is 13.3. The number of benzene rings is 1. The number of carbonyl (C=O) groups excluding carboxylic acids is 1. The molecule has 3 heterocycles. The molecular formula is C25H29N5O4S. The molecule has 9 nitrogen and oxygen atoms in total. The van der Waals surface area contributed by atoms with Crippen LogP contribution >= 0.6 is 0 Å². The van der Waals surface area contributed by atoms with E-state index in [4.69, 9.17) is 4.74 Å². The van der Waals surface area contributed by atoms with Gasteiger partial charge in [0.25, 0.3) is 10.0 Å². The van der Waals surface area contributed by atoms with Gasteiger partial charge in [0.1, 0.15) is 11.4 Å². The summed E-state index contributed by atoms with van der Waals surface area (Å²) in [7, 11) is -3.81. The number of aryl methyl sites for hydroxylation is 1. The average Bonchev–Trinajstić information content (AvgIpc) is 3.49. The lowest BCUT2D eigenvalue weighted by Gasteiger charge is -2.20. The number of ether oxygens (including phenoxy) is 1. The molecule has 1 fully saturated rings. The molecule has 4 aromatic rings. The van der Waals surface area contributed by atoms with Gasteiger partial charge in [0.2, 0.25) is 0 Å². The van der Waals surface area contributed by atoms with E-state index in [0.717, 1.165) is 30.7 Å². The lowest BCUT2D eigenvalue weighted by molar-refractivity contribution is -0.155. The quantitative estimate of drug-likeness (QED) is 0.381. The SMILES string of the molecule is Cc1ccc(S(=O)(=O)n2ccc3c2ncc2nnc(C4CC[C@H](CC(=O)OC(C)(C)C)C4)n23)cc1. The molecular weight excluding hydrogens is 466 g/mol. The minimum absolute atomic E-state index is 0.111. The van der Waals surface area contributed by atoms with Crippen LogP contribution in [0.25, 0.3) is 16.8 Å². The summed E-state index contributed by atoms with van der Waals surface area (Å²) in [5.74, 6) is 0.912. The highest BCUT2D eigenvalue weighted by Crippen LogP contribution is 2.40. The Hall–Kier alpha value is -3.27. The van der Waals surface area contributed by atoms with Crippen molar-refractivity contribution in [3.05, 3.63) is 54.1 Å². The normalized spacial score (nSPS) is 19.0. The van der Waals surface area contributed by atoms with Crippen molar-refractivity contribution in [2.45, 2.75) is 69.8 Å². The molecule has 0 spiro atoms. The standard InChI is InChI=1S/C25H29N5O4S/c1-16-5-9-19(10-6-16)35(32,33)29-12-11-20-24(29)26-15-21-27-28-23(30(20)21)18-8-7-17(13-18)14-22(31)34-25(2,3)4/h5-6,9-12,15,17-18H,7-8,13-14H2,1-4H3/t17-,18?/m0/s1. The molecule has 0 aliphatic heterocycles. The summed E-state index contributed by atoms with van der Waals surface area (Å²) in [4.78, 5) is 16.9. The highest BCUT2D eigenvalue weighted by Gasteiger charge is 2.32. The molecule has 3 aromatic heterocycles. The fourth-order valence-electron chi connectivity index (χ4n) is 4.85. The van der Waals surface area contributed by atoms with Crippen LogP contribution in [0.15, 0.2) is 47.6 Å². The molecule has 1 unspecified atom stereocenters. The van der Waals surface area contributed by atoms with E-state index in [-0.39, 0.29) is 22.7 Å². The van der Waals surface area contributed by atoms with E-state index >= 15 is 0 Å². The van der Waals surface area contributed by atoms with Crippen molar-refractivity contribution in [2.75, 3.05) is 0 Å². The van der Waals surface area contributed by atoms with Crippen molar-refractivity contribution < 1.29 is 17.9 Å². The number of carbonyl (C=O) groups is 1. The maximum atomic E-state index is 13.3. The third kappa shape index (κ3) is 4.42. The Morgan fingerprint density at radius 3 is 2.57 bits per heavy atom. The zero-order valence-electron chi connectivity index (χ0n) is 20.3. The summed E-state index contributed by atoms with van der Waals surface area (Å²) in [6.45, 7) is 7.52. The minimum atomic E-state index is -3.81. The highest BCUT2D eigenvalue weighted by atomic mass is 32.2. The van der Waals surface area contributed by atoms with Gasteiger partial charge >= 0.3 is 5.97 Å². The number of nitrogens with zero attached hydrogens (tertiary/aromatic N) is 5. The smallest absolute Gasteiger partial charge is 0.306 e. The predicted molar refractivity (Wildman–Crippen MR) is 131 cm³/mol. The van der Waals surface area contributed by atoms with Gasteiger partial charge < -0.3 is 4.74 Å². The second kappa shape index (κ2) is 8.44. The van der Waals surface area contributed by atoms with Crippen LogP contribution in [-0.2, 0) is 19.6 Å². The van der Waals surface area contributed by atoms with Crippen LogP contribution < -0.4 is 0 Å². The zero-order valence-corrected chi connectivity index (χ0v) is 21.1.